The molecule has 0 unspecified atom stereocenters. The van der Waals surface area contributed by atoms with Crippen molar-refractivity contribution in [3.8, 4) is 11.5 Å². The largest absolute Gasteiger partial charge is 0.493 e. The van der Waals surface area contributed by atoms with Crippen LogP contribution in [0.2, 0.25) is 0 Å². The summed E-state index contributed by atoms with van der Waals surface area (Å²) in [7, 11) is 1.65. The maximum atomic E-state index is 12.0. The van der Waals surface area contributed by atoms with Crippen molar-refractivity contribution in [1.82, 2.24) is 10.2 Å². The summed E-state index contributed by atoms with van der Waals surface area (Å²) in [6, 6.07) is 4.03. The van der Waals surface area contributed by atoms with Gasteiger partial charge in [0.25, 0.3) is 0 Å². The first kappa shape index (κ1) is 22.1. The molecule has 1 saturated heterocycles. The lowest BCUT2D eigenvalue weighted by Gasteiger charge is -2.20. The number of methoxy groups -OCH3 is 1. The Morgan fingerprint density at radius 2 is 2.08 bits per heavy atom. The van der Waals surface area contributed by atoms with Gasteiger partial charge in [-0.1, -0.05) is 6.42 Å². The Kier molecular flexibility index (Phi) is 10.2. The molecule has 1 aliphatic heterocycles. The number of likely N-dealkylation sites (tertiary alicyclic amines) is 1. The molecule has 1 N–H and O–H groups in total. The van der Waals surface area contributed by atoms with Crippen LogP contribution in [-0.2, 0) is 11.3 Å². The molecule has 0 aliphatic carbocycles. The van der Waals surface area contributed by atoms with Crippen LogP contribution in [0.3, 0.4) is 0 Å². The molecule has 0 radical (unpaired) electrons. The van der Waals surface area contributed by atoms with Crippen LogP contribution in [0, 0.1) is 0 Å². The number of nitrogens with zero attached hydrogens (tertiary/aromatic N) is 1. The van der Waals surface area contributed by atoms with Gasteiger partial charge in [-0.15, -0.1) is 12.4 Å². The third kappa shape index (κ3) is 6.68. The number of carbonyl (C=O) groups excluding carboxylic acids is 1. The predicted octanol–water partition coefficient (Wildman–Crippen LogP) is 3.77. The Hall–Kier alpha value is -0.980. The fourth-order valence-corrected chi connectivity index (χ4v) is 3.49. The molecule has 0 atom stereocenters. The maximum Gasteiger partial charge on any atom is 0.222 e. The van der Waals surface area contributed by atoms with Crippen LogP contribution in [0.1, 0.15) is 38.2 Å². The monoisotopic (exact) mass is 434 g/mol. The van der Waals surface area contributed by atoms with E-state index in [1.165, 1.54) is 0 Å². The second kappa shape index (κ2) is 11.6. The van der Waals surface area contributed by atoms with E-state index < -0.39 is 0 Å². The summed E-state index contributed by atoms with van der Waals surface area (Å²) < 4.78 is 11.9. The molecule has 1 amide bonds. The quantitative estimate of drug-likeness (QED) is 0.632. The molecule has 2 rings (SSSR count). The minimum absolute atomic E-state index is 0. The van der Waals surface area contributed by atoms with Crippen LogP contribution in [0.5, 0.6) is 11.5 Å². The summed E-state index contributed by atoms with van der Waals surface area (Å²) in [6.07, 6.45) is 4.01. The number of carbonyl (C=O) groups is 1. The topological polar surface area (TPSA) is 50.8 Å². The highest BCUT2D eigenvalue weighted by Gasteiger charge is 2.16. The van der Waals surface area contributed by atoms with E-state index in [-0.39, 0.29) is 12.4 Å². The Morgan fingerprint density at radius 1 is 1.28 bits per heavy atom. The van der Waals surface area contributed by atoms with E-state index in [4.69, 9.17) is 9.47 Å². The maximum absolute atomic E-state index is 12.0. The molecule has 5 nitrogen and oxygen atoms in total. The molecule has 1 fully saturated rings. The Balaban J connectivity index is 0.00000312. The fourth-order valence-electron chi connectivity index (χ4n) is 2.88. The zero-order valence-electron chi connectivity index (χ0n) is 15.0. The van der Waals surface area contributed by atoms with E-state index in [2.05, 4.69) is 21.2 Å². The number of halogens is 2. The molecule has 1 aromatic rings. The summed E-state index contributed by atoms with van der Waals surface area (Å²) in [5, 5.41) is 3.41. The van der Waals surface area contributed by atoms with E-state index in [9.17, 15) is 4.79 Å². The number of benzene rings is 1. The lowest BCUT2D eigenvalue weighted by atomic mass is 10.2. The third-order valence-corrected chi connectivity index (χ3v) is 4.73. The minimum Gasteiger partial charge on any atom is -0.493 e. The normalized spacial score (nSPS) is 14.7. The van der Waals surface area contributed by atoms with Crippen LogP contribution >= 0.6 is 28.3 Å². The Bertz CT molecular complexity index is 557. The lowest BCUT2D eigenvalue weighted by molar-refractivity contribution is -0.130. The first-order valence-corrected chi connectivity index (χ1v) is 9.42. The molecule has 0 bridgehead atoms. The van der Waals surface area contributed by atoms with Crippen LogP contribution in [0.15, 0.2) is 16.6 Å². The summed E-state index contributed by atoms with van der Waals surface area (Å²) >= 11 is 3.54. The summed E-state index contributed by atoms with van der Waals surface area (Å²) in [4.78, 5) is 13.9. The average Bonchev–Trinajstić information content (AvgIpc) is 2.78. The zero-order valence-corrected chi connectivity index (χ0v) is 17.4. The molecule has 0 aromatic heterocycles. The molecule has 1 aromatic carbocycles. The van der Waals surface area contributed by atoms with E-state index in [1.807, 2.05) is 24.0 Å². The molecule has 0 spiro atoms. The first-order chi connectivity index (χ1) is 11.7. The van der Waals surface area contributed by atoms with Gasteiger partial charge < -0.3 is 19.7 Å². The molecule has 7 heteroatoms. The summed E-state index contributed by atoms with van der Waals surface area (Å²) in [5.41, 5.74) is 1.12. The van der Waals surface area contributed by atoms with Crippen molar-refractivity contribution in [3.63, 3.8) is 0 Å². The van der Waals surface area contributed by atoms with E-state index in [1.54, 1.807) is 7.11 Å². The summed E-state index contributed by atoms with van der Waals surface area (Å²) in [5.74, 6) is 1.75. The smallest absolute Gasteiger partial charge is 0.222 e. The van der Waals surface area contributed by atoms with Crippen LogP contribution in [-0.4, -0.2) is 44.2 Å². The highest BCUT2D eigenvalue weighted by atomic mass is 79.9. The van der Waals surface area contributed by atoms with Gasteiger partial charge in [0.05, 0.1) is 18.2 Å². The third-order valence-electron chi connectivity index (χ3n) is 4.14. The van der Waals surface area contributed by atoms with E-state index in [0.717, 1.165) is 67.0 Å². The van der Waals surface area contributed by atoms with Gasteiger partial charge in [-0.2, -0.15) is 0 Å². The van der Waals surface area contributed by atoms with Gasteiger partial charge >= 0.3 is 0 Å². The van der Waals surface area contributed by atoms with Crippen LogP contribution in [0.4, 0.5) is 0 Å². The van der Waals surface area contributed by atoms with Gasteiger partial charge in [0.15, 0.2) is 11.5 Å². The van der Waals surface area contributed by atoms with Crippen LogP contribution < -0.4 is 14.8 Å². The van der Waals surface area contributed by atoms with Crippen molar-refractivity contribution >= 4 is 34.2 Å². The van der Waals surface area contributed by atoms with Crippen molar-refractivity contribution < 1.29 is 14.3 Å². The molecular weight excluding hydrogens is 408 g/mol. The molecular formula is C18H28BrClN2O3. The SMILES string of the molecule is CCOc1c(Br)cc(CNCCN2CCCCCC2=O)cc1OC.Cl. The van der Waals surface area contributed by atoms with Gasteiger partial charge in [-0.25, -0.2) is 0 Å². The number of nitrogens with one attached hydrogen (secondary N) is 1. The van der Waals surface area contributed by atoms with Gasteiger partial charge in [0, 0.05) is 32.6 Å². The van der Waals surface area contributed by atoms with Crippen molar-refractivity contribution in [2.24, 2.45) is 0 Å². The molecule has 1 aliphatic rings. The van der Waals surface area contributed by atoms with Crippen molar-refractivity contribution in [3.05, 3.63) is 22.2 Å². The van der Waals surface area contributed by atoms with Gasteiger partial charge in [0.1, 0.15) is 0 Å². The van der Waals surface area contributed by atoms with Crippen molar-refractivity contribution in [2.45, 2.75) is 39.2 Å². The second-order valence-electron chi connectivity index (χ2n) is 5.91. The molecule has 25 heavy (non-hydrogen) atoms. The van der Waals surface area contributed by atoms with Gasteiger partial charge in [-0.3, -0.25) is 4.79 Å². The summed E-state index contributed by atoms with van der Waals surface area (Å²) in [6.45, 7) is 5.72. The number of ether oxygens (including phenoxy) is 2. The number of hydrogen-bond donors (Lipinski definition) is 1. The Morgan fingerprint density at radius 3 is 2.80 bits per heavy atom. The second-order valence-corrected chi connectivity index (χ2v) is 6.76. The van der Waals surface area contributed by atoms with Crippen LogP contribution in [0.25, 0.3) is 0 Å². The minimum atomic E-state index is 0. The molecule has 142 valence electrons. The van der Waals surface area contributed by atoms with Gasteiger partial charge in [-0.05, 0) is 53.4 Å². The van der Waals surface area contributed by atoms with Crippen molar-refractivity contribution in [2.75, 3.05) is 33.4 Å². The standard InChI is InChI=1S/C18H27BrN2O3.ClH/c1-3-24-18-15(19)11-14(12-16(18)23-2)13-20-8-10-21-9-6-4-5-7-17(21)22;/h11-12,20H,3-10,13H2,1-2H3;1H. The molecule has 1 heterocycles. The van der Waals surface area contributed by atoms with Crippen molar-refractivity contribution in [1.29, 1.82) is 0 Å². The van der Waals surface area contributed by atoms with E-state index in [0.29, 0.717) is 18.9 Å². The lowest BCUT2D eigenvalue weighted by Crippen LogP contribution is -2.36. The fraction of sp³-hybridized carbons (Fsp3) is 0.611. The number of hydrogen-bond acceptors (Lipinski definition) is 4. The predicted molar refractivity (Wildman–Crippen MR) is 106 cm³/mol. The first-order valence-electron chi connectivity index (χ1n) is 8.63. The number of amides is 1. The number of rotatable bonds is 8. The highest BCUT2D eigenvalue weighted by molar-refractivity contribution is 9.10. The van der Waals surface area contributed by atoms with E-state index >= 15 is 0 Å². The van der Waals surface area contributed by atoms with Gasteiger partial charge in [0.2, 0.25) is 5.91 Å². The molecule has 0 saturated carbocycles. The Labute approximate surface area is 165 Å². The average molecular weight is 436 g/mol. The zero-order chi connectivity index (χ0) is 17.4. The highest BCUT2D eigenvalue weighted by Crippen LogP contribution is 2.36.